The summed E-state index contributed by atoms with van der Waals surface area (Å²) in [5.74, 6) is 1.27. The molecule has 0 N–H and O–H groups in total. The van der Waals surface area contributed by atoms with E-state index in [2.05, 4.69) is 30.9 Å². The van der Waals surface area contributed by atoms with E-state index in [0.717, 1.165) is 4.47 Å². The minimum absolute atomic E-state index is 0.627. The third kappa shape index (κ3) is 3.47. The molecule has 1 heterocycles. The van der Waals surface area contributed by atoms with Crippen molar-refractivity contribution in [1.82, 2.24) is 14.9 Å². The molecule has 0 fully saturated rings. The van der Waals surface area contributed by atoms with Crippen LogP contribution in [0.15, 0.2) is 15.7 Å². The quantitative estimate of drug-likeness (QED) is 0.618. The summed E-state index contributed by atoms with van der Waals surface area (Å²) >= 11 is 3.35. The van der Waals surface area contributed by atoms with Gasteiger partial charge in [0.1, 0.15) is 0 Å². The molecule has 1 rings (SSSR count). The molecule has 0 aliphatic rings. The molecule has 0 saturated heterocycles. The van der Waals surface area contributed by atoms with Gasteiger partial charge in [0.25, 0.3) is 0 Å². The average molecular weight is 272 g/mol. The van der Waals surface area contributed by atoms with E-state index in [1.54, 1.807) is 12.5 Å². The van der Waals surface area contributed by atoms with E-state index in [-0.39, 0.29) is 0 Å². The molecule has 15 heavy (non-hydrogen) atoms. The van der Waals surface area contributed by atoms with Gasteiger partial charge in [-0.3, -0.25) is 0 Å². The zero-order chi connectivity index (χ0) is 11.4. The third-order valence-corrected chi connectivity index (χ3v) is 2.08. The van der Waals surface area contributed by atoms with Crippen LogP contribution in [0.25, 0.3) is 0 Å². The van der Waals surface area contributed by atoms with E-state index in [1.165, 1.54) is 0 Å². The summed E-state index contributed by atoms with van der Waals surface area (Å²) in [6.45, 7) is 0. The summed E-state index contributed by atoms with van der Waals surface area (Å²) in [7, 11) is 7.60. The highest BCUT2D eigenvalue weighted by molar-refractivity contribution is 9.10. The molecule has 0 saturated carbocycles. The molecule has 5 nitrogen and oxygen atoms in total. The highest BCUT2D eigenvalue weighted by atomic mass is 79.9. The summed E-state index contributed by atoms with van der Waals surface area (Å²) in [5.41, 5.74) is 0. The Kier molecular flexibility index (Phi) is 4.02. The van der Waals surface area contributed by atoms with Crippen LogP contribution in [0.5, 0.6) is 0 Å². The van der Waals surface area contributed by atoms with Crippen molar-refractivity contribution >= 4 is 34.0 Å². The topological polar surface area (TPSA) is 44.6 Å². The smallest absolute Gasteiger partial charge is 0.226 e. The highest BCUT2D eigenvalue weighted by Gasteiger charge is 2.04. The van der Waals surface area contributed by atoms with Crippen molar-refractivity contribution in [3.63, 3.8) is 0 Å². The molecular formula is C9H14BrN5. The molecule has 0 spiro atoms. The first-order chi connectivity index (χ1) is 7.00. The summed E-state index contributed by atoms with van der Waals surface area (Å²) in [6, 6.07) is 0. The maximum atomic E-state index is 4.29. The normalized spacial score (nSPS) is 10.7. The Morgan fingerprint density at radius 3 is 2.53 bits per heavy atom. The van der Waals surface area contributed by atoms with Crippen molar-refractivity contribution < 1.29 is 0 Å². The van der Waals surface area contributed by atoms with Crippen molar-refractivity contribution in [1.29, 1.82) is 0 Å². The molecular weight excluding hydrogens is 258 g/mol. The van der Waals surface area contributed by atoms with Crippen molar-refractivity contribution in [2.24, 2.45) is 4.99 Å². The largest absolute Gasteiger partial charge is 0.369 e. The predicted octanol–water partition coefficient (Wildman–Crippen LogP) is 1.53. The molecule has 0 unspecified atom stereocenters. The van der Waals surface area contributed by atoms with Crippen molar-refractivity contribution in [3.8, 4) is 0 Å². The summed E-state index contributed by atoms with van der Waals surface area (Å²) in [5, 5.41) is 0. The van der Waals surface area contributed by atoms with Crippen molar-refractivity contribution in [3.05, 3.63) is 10.7 Å². The Labute approximate surface area is 98.0 Å². The van der Waals surface area contributed by atoms with Crippen molar-refractivity contribution in [2.75, 3.05) is 33.1 Å². The third-order valence-electron chi connectivity index (χ3n) is 1.52. The van der Waals surface area contributed by atoms with Crippen LogP contribution in [-0.4, -0.2) is 49.4 Å². The van der Waals surface area contributed by atoms with Crippen LogP contribution >= 0.6 is 15.9 Å². The second-order valence-corrected chi connectivity index (χ2v) is 4.30. The number of aliphatic imine (C=N–C) groups is 1. The molecule has 0 aromatic carbocycles. The van der Waals surface area contributed by atoms with Crippen LogP contribution in [0, 0.1) is 0 Å². The monoisotopic (exact) mass is 271 g/mol. The van der Waals surface area contributed by atoms with Gasteiger partial charge < -0.3 is 9.80 Å². The molecule has 0 atom stereocenters. The number of halogens is 1. The predicted molar refractivity (Wildman–Crippen MR) is 65.9 cm³/mol. The standard InChI is InChI=1S/C9H14BrN5/c1-14(2)6-12-8-7(10)5-11-9(13-8)15(3)4/h5-6H,1-4H3/b12-6+. The van der Waals surface area contributed by atoms with Gasteiger partial charge in [0, 0.05) is 34.4 Å². The van der Waals surface area contributed by atoms with Gasteiger partial charge in [0.15, 0.2) is 5.82 Å². The maximum absolute atomic E-state index is 4.29. The number of hydrogen-bond donors (Lipinski definition) is 0. The lowest BCUT2D eigenvalue weighted by molar-refractivity contribution is 0.643. The fraction of sp³-hybridized carbons (Fsp3) is 0.444. The summed E-state index contributed by atoms with van der Waals surface area (Å²) in [4.78, 5) is 16.3. The second-order valence-electron chi connectivity index (χ2n) is 3.44. The molecule has 1 aromatic heterocycles. The first kappa shape index (κ1) is 11.9. The van der Waals surface area contributed by atoms with Gasteiger partial charge in [-0.05, 0) is 15.9 Å². The summed E-state index contributed by atoms with van der Waals surface area (Å²) < 4.78 is 0.784. The molecule has 0 bridgehead atoms. The minimum Gasteiger partial charge on any atom is -0.369 e. The molecule has 0 amide bonds. The molecule has 1 aromatic rings. The van der Waals surface area contributed by atoms with Gasteiger partial charge in [-0.15, -0.1) is 0 Å². The highest BCUT2D eigenvalue weighted by Crippen LogP contribution is 2.23. The SMILES string of the molecule is CN(C)/C=N/c1nc(N(C)C)ncc1Br. The van der Waals surface area contributed by atoms with Gasteiger partial charge in [-0.2, -0.15) is 4.98 Å². The number of nitrogens with zero attached hydrogens (tertiary/aromatic N) is 5. The van der Waals surface area contributed by atoms with Gasteiger partial charge in [-0.25, -0.2) is 9.98 Å². The Morgan fingerprint density at radius 2 is 2.00 bits per heavy atom. The van der Waals surface area contributed by atoms with Gasteiger partial charge in [0.05, 0.1) is 10.8 Å². The van der Waals surface area contributed by atoms with Crippen molar-refractivity contribution in [2.45, 2.75) is 0 Å². The van der Waals surface area contributed by atoms with Crippen LogP contribution in [0.2, 0.25) is 0 Å². The fourth-order valence-corrected chi connectivity index (χ4v) is 1.12. The molecule has 0 aliphatic carbocycles. The van der Waals surface area contributed by atoms with E-state index in [1.807, 2.05) is 38.0 Å². The first-order valence-electron chi connectivity index (χ1n) is 4.41. The molecule has 82 valence electrons. The van der Waals surface area contributed by atoms with E-state index < -0.39 is 0 Å². The van der Waals surface area contributed by atoms with Crippen LogP contribution in [0.4, 0.5) is 11.8 Å². The summed E-state index contributed by atoms with van der Waals surface area (Å²) in [6.07, 6.45) is 3.40. The Hall–Kier alpha value is -1.17. The lowest BCUT2D eigenvalue weighted by Gasteiger charge is -2.10. The van der Waals surface area contributed by atoms with E-state index in [9.17, 15) is 0 Å². The Balaban J connectivity index is 3.00. The number of hydrogen-bond acceptors (Lipinski definition) is 4. The Bertz CT molecular complexity index is 362. The fourth-order valence-electron chi connectivity index (χ4n) is 0.825. The molecule has 0 radical (unpaired) electrons. The zero-order valence-corrected chi connectivity index (χ0v) is 10.9. The maximum Gasteiger partial charge on any atom is 0.226 e. The van der Waals surface area contributed by atoms with Crippen LogP contribution in [0.3, 0.4) is 0 Å². The average Bonchev–Trinajstić information content (AvgIpc) is 2.16. The number of anilines is 1. The lowest BCUT2D eigenvalue weighted by Crippen LogP contribution is -2.12. The minimum atomic E-state index is 0.627. The second kappa shape index (κ2) is 5.06. The first-order valence-corrected chi connectivity index (χ1v) is 5.20. The van der Waals surface area contributed by atoms with Gasteiger partial charge >= 0.3 is 0 Å². The Morgan fingerprint density at radius 1 is 1.33 bits per heavy atom. The van der Waals surface area contributed by atoms with Gasteiger partial charge in [-0.1, -0.05) is 0 Å². The van der Waals surface area contributed by atoms with E-state index in [4.69, 9.17) is 0 Å². The molecule has 6 heteroatoms. The van der Waals surface area contributed by atoms with Crippen LogP contribution in [0.1, 0.15) is 0 Å². The lowest BCUT2D eigenvalue weighted by atomic mass is 10.6. The number of aromatic nitrogens is 2. The zero-order valence-electron chi connectivity index (χ0n) is 9.27. The number of rotatable bonds is 3. The molecule has 0 aliphatic heterocycles. The van der Waals surface area contributed by atoms with Crippen LogP contribution < -0.4 is 4.90 Å². The van der Waals surface area contributed by atoms with E-state index >= 15 is 0 Å². The van der Waals surface area contributed by atoms with E-state index in [0.29, 0.717) is 11.8 Å². The van der Waals surface area contributed by atoms with Crippen LogP contribution in [-0.2, 0) is 0 Å². The van der Waals surface area contributed by atoms with Gasteiger partial charge in [0.2, 0.25) is 5.95 Å².